The molecule has 0 saturated heterocycles. The first kappa shape index (κ1) is 23.7. The molecule has 2 heterocycles. The number of aryl methyl sites for hydroxylation is 2. The summed E-state index contributed by atoms with van der Waals surface area (Å²) in [6, 6.07) is 15.7. The fraction of sp³-hybridized carbons (Fsp3) is 0.231. The van der Waals surface area contributed by atoms with Crippen molar-refractivity contribution < 1.29 is 14.3 Å². The molecule has 2 aromatic heterocycles. The molecule has 0 fully saturated rings. The van der Waals surface area contributed by atoms with E-state index in [1.54, 1.807) is 41.1 Å². The lowest BCUT2D eigenvalue weighted by molar-refractivity contribution is 0.262. The summed E-state index contributed by atoms with van der Waals surface area (Å²) in [5.74, 6) is 2.81. The zero-order valence-corrected chi connectivity index (χ0v) is 20.4. The lowest BCUT2D eigenvalue weighted by Gasteiger charge is -2.12. The third-order valence-electron chi connectivity index (χ3n) is 5.44. The van der Waals surface area contributed by atoms with Crippen LogP contribution in [0.5, 0.6) is 17.4 Å². The number of anilines is 2. The molecule has 0 aliphatic heterocycles. The first-order valence-electron chi connectivity index (χ1n) is 11.3. The summed E-state index contributed by atoms with van der Waals surface area (Å²) in [6.07, 6.45) is 0. The number of nitrogens with one attached hydrogen (secondary N) is 2. The molecule has 0 spiro atoms. The van der Waals surface area contributed by atoms with E-state index in [0.717, 1.165) is 17.0 Å². The Hall–Kier alpha value is -4.40. The predicted molar refractivity (Wildman–Crippen MR) is 135 cm³/mol. The van der Waals surface area contributed by atoms with E-state index in [9.17, 15) is 4.79 Å². The van der Waals surface area contributed by atoms with Crippen LogP contribution in [-0.2, 0) is 0 Å². The molecule has 0 radical (unpaired) electrons. The Balaban J connectivity index is 1.44. The first-order chi connectivity index (χ1) is 16.8. The minimum Gasteiger partial charge on any atom is -0.492 e. The molecule has 2 aromatic carbocycles. The van der Waals surface area contributed by atoms with Crippen LogP contribution in [0.1, 0.15) is 29.7 Å². The van der Waals surface area contributed by atoms with Crippen molar-refractivity contribution in [2.24, 2.45) is 0 Å². The van der Waals surface area contributed by atoms with Crippen LogP contribution < -0.4 is 20.1 Å². The molecule has 0 saturated carbocycles. The summed E-state index contributed by atoms with van der Waals surface area (Å²) in [5, 5.41) is 10.2. The zero-order chi connectivity index (χ0) is 24.9. The van der Waals surface area contributed by atoms with Gasteiger partial charge >= 0.3 is 6.03 Å². The number of urea groups is 1. The lowest BCUT2D eigenvalue weighted by atomic mass is 10.2. The highest BCUT2D eigenvalue weighted by Gasteiger charge is 2.13. The Morgan fingerprint density at radius 1 is 0.971 bits per heavy atom. The van der Waals surface area contributed by atoms with Crippen LogP contribution in [0.3, 0.4) is 0 Å². The average molecular weight is 473 g/mol. The Labute approximate surface area is 204 Å². The van der Waals surface area contributed by atoms with E-state index < -0.39 is 0 Å². The monoisotopic (exact) mass is 472 g/mol. The molecule has 9 heteroatoms. The number of amides is 2. The molecule has 0 aliphatic rings. The number of nitrogens with zero attached hydrogens (tertiary/aromatic N) is 4. The van der Waals surface area contributed by atoms with Gasteiger partial charge in [-0.05, 0) is 76.6 Å². The van der Waals surface area contributed by atoms with Gasteiger partial charge in [-0.3, -0.25) is 0 Å². The van der Waals surface area contributed by atoms with E-state index in [4.69, 9.17) is 9.47 Å². The highest BCUT2D eigenvalue weighted by Crippen LogP contribution is 2.26. The molecule has 0 atom stereocenters. The minimum atomic E-state index is -0.373. The largest absolute Gasteiger partial charge is 0.492 e. The molecule has 4 rings (SSSR count). The van der Waals surface area contributed by atoms with Crippen LogP contribution >= 0.6 is 0 Å². The van der Waals surface area contributed by atoms with Gasteiger partial charge in [0.25, 0.3) is 0 Å². The number of para-hydroxylation sites is 2. The second-order valence-corrected chi connectivity index (χ2v) is 7.95. The molecule has 4 aromatic rings. The molecule has 0 aliphatic carbocycles. The number of carbonyl (C=O) groups is 1. The van der Waals surface area contributed by atoms with Gasteiger partial charge in [-0.25, -0.2) is 14.5 Å². The van der Waals surface area contributed by atoms with Crippen LogP contribution in [0.4, 0.5) is 16.2 Å². The van der Waals surface area contributed by atoms with E-state index in [2.05, 4.69) is 25.7 Å². The molecule has 2 amide bonds. The van der Waals surface area contributed by atoms with Crippen LogP contribution in [0.2, 0.25) is 0 Å². The van der Waals surface area contributed by atoms with Crippen molar-refractivity contribution in [2.75, 3.05) is 17.2 Å². The standard InChI is InChI=1S/C26H28N6O3/c1-6-34-23-10-8-7-9-22(23)30-26(33)29-20-11-13-21(14-12-20)35-25-15-24(27-19(5)28-25)32-18(4)16(2)17(3)31-32/h7-15H,6H2,1-5H3,(H2,29,30,33). The highest BCUT2D eigenvalue weighted by molar-refractivity contribution is 6.00. The predicted octanol–water partition coefficient (Wildman–Crippen LogP) is 5.73. The number of hydrogen-bond acceptors (Lipinski definition) is 6. The highest BCUT2D eigenvalue weighted by atomic mass is 16.5. The van der Waals surface area contributed by atoms with Gasteiger partial charge in [-0.1, -0.05) is 12.1 Å². The quantitative estimate of drug-likeness (QED) is 0.356. The Morgan fingerprint density at radius 3 is 2.40 bits per heavy atom. The number of rotatable bonds is 7. The Morgan fingerprint density at radius 2 is 1.71 bits per heavy atom. The first-order valence-corrected chi connectivity index (χ1v) is 11.3. The van der Waals surface area contributed by atoms with Crippen molar-refractivity contribution in [3.8, 4) is 23.2 Å². The summed E-state index contributed by atoms with van der Waals surface area (Å²) >= 11 is 0. The fourth-order valence-corrected chi connectivity index (χ4v) is 3.49. The van der Waals surface area contributed by atoms with Gasteiger partial charge in [0, 0.05) is 17.4 Å². The van der Waals surface area contributed by atoms with Crippen LogP contribution in [0.25, 0.3) is 5.82 Å². The number of hydrogen-bond donors (Lipinski definition) is 2. The van der Waals surface area contributed by atoms with Crippen molar-refractivity contribution in [2.45, 2.75) is 34.6 Å². The lowest BCUT2D eigenvalue weighted by Crippen LogP contribution is -2.19. The Kier molecular flexibility index (Phi) is 6.96. The van der Waals surface area contributed by atoms with Gasteiger partial charge in [-0.15, -0.1) is 0 Å². The van der Waals surface area contributed by atoms with E-state index in [-0.39, 0.29) is 6.03 Å². The topological polar surface area (TPSA) is 103 Å². The number of benzene rings is 2. The van der Waals surface area contributed by atoms with Gasteiger partial charge in [0.15, 0.2) is 5.82 Å². The molecule has 180 valence electrons. The van der Waals surface area contributed by atoms with E-state index in [1.807, 2.05) is 52.8 Å². The fourth-order valence-electron chi connectivity index (χ4n) is 3.49. The average Bonchev–Trinajstić information content (AvgIpc) is 3.09. The van der Waals surface area contributed by atoms with E-state index in [1.165, 1.54) is 0 Å². The van der Waals surface area contributed by atoms with Crippen molar-refractivity contribution in [3.63, 3.8) is 0 Å². The van der Waals surface area contributed by atoms with Gasteiger partial charge in [0.05, 0.1) is 18.0 Å². The van der Waals surface area contributed by atoms with E-state index >= 15 is 0 Å². The third kappa shape index (κ3) is 5.57. The molecule has 0 bridgehead atoms. The Bertz CT molecular complexity index is 1350. The SMILES string of the molecule is CCOc1ccccc1NC(=O)Nc1ccc(Oc2cc(-n3nc(C)c(C)c3C)nc(C)n2)cc1. The number of carbonyl (C=O) groups excluding carboxylic acids is 1. The van der Waals surface area contributed by atoms with Crippen LogP contribution in [-0.4, -0.2) is 32.4 Å². The summed E-state index contributed by atoms with van der Waals surface area (Å²) in [6.45, 7) is 10.2. The molecule has 35 heavy (non-hydrogen) atoms. The van der Waals surface area contributed by atoms with Gasteiger partial charge < -0.3 is 20.1 Å². The third-order valence-corrected chi connectivity index (χ3v) is 5.44. The van der Waals surface area contributed by atoms with Crippen LogP contribution in [0, 0.1) is 27.7 Å². The van der Waals surface area contributed by atoms with Crippen LogP contribution in [0.15, 0.2) is 54.6 Å². The number of aromatic nitrogens is 4. The second-order valence-electron chi connectivity index (χ2n) is 7.95. The molecule has 2 N–H and O–H groups in total. The molecular formula is C26H28N6O3. The van der Waals surface area contributed by atoms with Gasteiger partial charge in [0.2, 0.25) is 5.88 Å². The molecular weight excluding hydrogens is 444 g/mol. The van der Waals surface area contributed by atoms with Gasteiger partial charge in [-0.2, -0.15) is 10.1 Å². The smallest absolute Gasteiger partial charge is 0.323 e. The van der Waals surface area contributed by atoms with Crippen molar-refractivity contribution >= 4 is 17.4 Å². The number of ether oxygens (including phenoxy) is 2. The molecule has 9 nitrogen and oxygen atoms in total. The van der Waals surface area contributed by atoms with Crippen molar-refractivity contribution in [1.29, 1.82) is 0 Å². The van der Waals surface area contributed by atoms with Gasteiger partial charge in [0.1, 0.15) is 17.3 Å². The second kappa shape index (κ2) is 10.3. The maximum Gasteiger partial charge on any atom is 0.323 e. The van der Waals surface area contributed by atoms with E-state index in [0.29, 0.717) is 47.0 Å². The van der Waals surface area contributed by atoms with Crippen molar-refractivity contribution in [3.05, 3.63) is 77.4 Å². The zero-order valence-electron chi connectivity index (χ0n) is 20.4. The maximum atomic E-state index is 12.4. The summed E-state index contributed by atoms with van der Waals surface area (Å²) in [7, 11) is 0. The minimum absolute atomic E-state index is 0.373. The maximum absolute atomic E-state index is 12.4. The van der Waals surface area contributed by atoms with Crippen molar-refractivity contribution in [1.82, 2.24) is 19.7 Å². The molecule has 0 unspecified atom stereocenters. The summed E-state index contributed by atoms with van der Waals surface area (Å²) < 4.78 is 13.3. The normalized spacial score (nSPS) is 10.7. The summed E-state index contributed by atoms with van der Waals surface area (Å²) in [5.41, 5.74) is 4.30. The summed E-state index contributed by atoms with van der Waals surface area (Å²) in [4.78, 5) is 21.3.